The zero-order valence-electron chi connectivity index (χ0n) is 17.9. The van der Waals surface area contributed by atoms with Gasteiger partial charge in [-0.3, -0.25) is 10.0 Å². The third-order valence-electron chi connectivity index (χ3n) is 5.61. The van der Waals surface area contributed by atoms with Crippen molar-refractivity contribution in [3.63, 3.8) is 0 Å². The number of benzene rings is 1. The number of sulfonamides is 1. The van der Waals surface area contributed by atoms with E-state index in [1.54, 1.807) is 12.3 Å². The van der Waals surface area contributed by atoms with Gasteiger partial charge in [0, 0.05) is 32.4 Å². The average Bonchev–Trinajstić information content (AvgIpc) is 3.06. The molecule has 0 aliphatic carbocycles. The van der Waals surface area contributed by atoms with Crippen molar-refractivity contribution < 1.29 is 18.4 Å². The minimum absolute atomic E-state index is 0.277. The molecule has 1 aliphatic rings. The number of aromatic nitrogens is 1. The SMILES string of the molecule is O=CN(O)C(CCCc1ccccc1)CS(=O)(=O)N1CCCN(c2ccc(Cl)cn2)CC1. The Labute approximate surface area is 194 Å². The first kappa shape index (κ1) is 24.4. The van der Waals surface area contributed by atoms with E-state index in [2.05, 4.69) is 4.98 Å². The van der Waals surface area contributed by atoms with Crippen LogP contribution in [0.3, 0.4) is 0 Å². The maximum Gasteiger partial charge on any atom is 0.233 e. The van der Waals surface area contributed by atoms with E-state index in [4.69, 9.17) is 11.6 Å². The van der Waals surface area contributed by atoms with Crippen molar-refractivity contribution in [2.75, 3.05) is 36.8 Å². The Bertz CT molecular complexity index is 960. The van der Waals surface area contributed by atoms with Crippen LogP contribution in [-0.4, -0.2) is 72.4 Å². The van der Waals surface area contributed by atoms with E-state index >= 15 is 0 Å². The fourth-order valence-corrected chi connectivity index (χ4v) is 5.76. The van der Waals surface area contributed by atoms with Gasteiger partial charge in [-0.15, -0.1) is 0 Å². The van der Waals surface area contributed by atoms with Gasteiger partial charge in [-0.05, 0) is 43.4 Å². The number of pyridine rings is 1. The van der Waals surface area contributed by atoms with Crippen molar-refractivity contribution >= 4 is 33.9 Å². The summed E-state index contributed by atoms with van der Waals surface area (Å²) in [6.07, 6.45) is 4.30. The first-order chi connectivity index (χ1) is 15.4. The molecule has 0 radical (unpaired) electrons. The molecule has 1 aliphatic heterocycles. The van der Waals surface area contributed by atoms with Crippen LogP contribution < -0.4 is 4.90 Å². The number of halogens is 1. The van der Waals surface area contributed by atoms with Crippen LogP contribution in [0.1, 0.15) is 24.8 Å². The summed E-state index contributed by atoms with van der Waals surface area (Å²) in [4.78, 5) is 17.5. The monoisotopic (exact) mass is 480 g/mol. The number of nitrogens with zero attached hydrogens (tertiary/aromatic N) is 4. The Kier molecular flexibility index (Phi) is 8.86. The number of amides is 1. The second-order valence-electron chi connectivity index (χ2n) is 7.87. The normalized spacial score (nSPS) is 16.4. The van der Waals surface area contributed by atoms with Crippen molar-refractivity contribution in [2.45, 2.75) is 31.7 Å². The quantitative estimate of drug-likeness (QED) is 0.319. The Morgan fingerprint density at radius 2 is 1.91 bits per heavy atom. The smallest absolute Gasteiger partial charge is 0.233 e. The molecule has 8 nitrogen and oxygen atoms in total. The maximum absolute atomic E-state index is 13.1. The Hall–Kier alpha value is -2.20. The number of anilines is 1. The summed E-state index contributed by atoms with van der Waals surface area (Å²) in [5.41, 5.74) is 1.13. The zero-order chi connectivity index (χ0) is 23.0. The maximum atomic E-state index is 13.1. The second kappa shape index (κ2) is 11.6. The summed E-state index contributed by atoms with van der Waals surface area (Å²) < 4.78 is 27.7. The largest absolute Gasteiger partial charge is 0.355 e. The fourth-order valence-electron chi connectivity index (χ4n) is 3.87. The molecule has 1 atom stereocenters. The molecule has 0 saturated carbocycles. The summed E-state index contributed by atoms with van der Waals surface area (Å²) in [6.45, 7) is 1.89. The number of rotatable bonds is 10. The predicted molar refractivity (Wildman–Crippen MR) is 124 cm³/mol. The molecule has 174 valence electrons. The lowest BCUT2D eigenvalue weighted by atomic mass is 10.1. The number of hydrogen-bond acceptors (Lipinski definition) is 6. The van der Waals surface area contributed by atoms with Gasteiger partial charge < -0.3 is 4.90 Å². The van der Waals surface area contributed by atoms with E-state index in [0.717, 1.165) is 17.8 Å². The van der Waals surface area contributed by atoms with Crippen molar-refractivity contribution in [1.82, 2.24) is 14.4 Å². The molecule has 2 heterocycles. The average molecular weight is 481 g/mol. The summed E-state index contributed by atoms with van der Waals surface area (Å²) in [6, 6.07) is 12.6. The summed E-state index contributed by atoms with van der Waals surface area (Å²) in [5, 5.41) is 11.0. The lowest BCUT2D eigenvalue weighted by Crippen LogP contribution is -2.44. The van der Waals surface area contributed by atoms with Crippen LogP contribution in [0.25, 0.3) is 0 Å². The van der Waals surface area contributed by atoms with Crippen molar-refractivity contribution in [1.29, 1.82) is 0 Å². The first-order valence-electron chi connectivity index (χ1n) is 10.7. The van der Waals surface area contributed by atoms with Crippen LogP contribution in [0.2, 0.25) is 5.02 Å². The molecule has 32 heavy (non-hydrogen) atoms. The molecule has 1 N–H and O–H groups in total. The van der Waals surface area contributed by atoms with Crippen molar-refractivity contribution in [3.05, 3.63) is 59.2 Å². The highest BCUT2D eigenvalue weighted by Gasteiger charge is 2.30. The summed E-state index contributed by atoms with van der Waals surface area (Å²) >= 11 is 5.90. The predicted octanol–water partition coefficient (Wildman–Crippen LogP) is 2.82. The molecule has 2 aromatic rings. The highest BCUT2D eigenvalue weighted by molar-refractivity contribution is 7.89. The van der Waals surface area contributed by atoms with Gasteiger partial charge >= 0.3 is 0 Å². The zero-order valence-corrected chi connectivity index (χ0v) is 19.5. The van der Waals surface area contributed by atoms with Gasteiger partial charge in [0.15, 0.2) is 0 Å². The van der Waals surface area contributed by atoms with Gasteiger partial charge in [0.25, 0.3) is 0 Å². The molecule has 1 saturated heterocycles. The van der Waals surface area contributed by atoms with Gasteiger partial charge in [-0.2, -0.15) is 0 Å². The number of hydroxylamine groups is 2. The van der Waals surface area contributed by atoms with E-state index in [9.17, 15) is 18.4 Å². The highest BCUT2D eigenvalue weighted by atomic mass is 35.5. The van der Waals surface area contributed by atoms with E-state index in [0.29, 0.717) is 55.5 Å². The number of carbonyl (C=O) groups is 1. The topological polar surface area (TPSA) is 94.0 Å². The van der Waals surface area contributed by atoms with E-state index in [-0.39, 0.29) is 12.2 Å². The second-order valence-corrected chi connectivity index (χ2v) is 10.3. The van der Waals surface area contributed by atoms with Crippen LogP contribution in [0.4, 0.5) is 5.82 Å². The lowest BCUT2D eigenvalue weighted by molar-refractivity contribution is -0.158. The fraction of sp³-hybridized carbons (Fsp3) is 0.455. The molecule has 1 aromatic heterocycles. The molecule has 1 aromatic carbocycles. The number of carbonyl (C=O) groups excluding carboxylic acids is 1. The molecule has 1 fully saturated rings. The van der Waals surface area contributed by atoms with Gasteiger partial charge in [-0.25, -0.2) is 22.8 Å². The molecular formula is C22H29ClN4O4S. The van der Waals surface area contributed by atoms with E-state index in [1.807, 2.05) is 41.3 Å². The summed E-state index contributed by atoms with van der Waals surface area (Å²) in [7, 11) is -3.66. The third kappa shape index (κ3) is 6.90. The molecule has 10 heteroatoms. The van der Waals surface area contributed by atoms with Crippen LogP contribution >= 0.6 is 11.6 Å². The standard InChI is InChI=1S/C22H29ClN4O4S/c23-20-10-11-22(24-16-20)25-12-5-13-26(15-14-25)32(30,31)17-21(27(29)18-28)9-4-8-19-6-2-1-3-7-19/h1-3,6-7,10-11,16,18,21,29H,4-5,8-9,12-15,17H2. The van der Waals surface area contributed by atoms with Crippen LogP contribution in [-0.2, 0) is 21.2 Å². The minimum atomic E-state index is -3.66. The van der Waals surface area contributed by atoms with Gasteiger partial charge in [-0.1, -0.05) is 41.9 Å². The molecular weight excluding hydrogens is 452 g/mol. The van der Waals surface area contributed by atoms with Crippen molar-refractivity contribution in [3.8, 4) is 0 Å². The Morgan fingerprint density at radius 1 is 1.12 bits per heavy atom. The van der Waals surface area contributed by atoms with Crippen LogP contribution in [0.5, 0.6) is 0 Å². The number of aryl methyl sites for hydroxylation is 1. The third-order valence-corrected chi connectivity index (χ3v) is 7.80. The van der Waals surface area contributed by atoms with Gasteiger partial charge in [0.2, 0.25) is 16.4 Å². The van der Waals surface area contributed by atoms with Crippen molar-refractivity contribution in [2.24, 2.45) is 0 Å². The summed E-state index contributed by atoms with van der Waals surface area (Å²) in [5.74, 6) is 0.450. The highest BCUT2D eigenvalue weighted by Crippen LogP contribution is 2.19. The number of hydrogen-bond donors (Lipinski definition) is 1. The molecule has 0 bridgehead atoms. The van der Waals surface area contributed by atoms with Crippen LogP contribution in [0, 0.1) is 0 Å². The molecule has 0 spiro atoms. The van der Waals surface area contributed by atoms with Gasteiger partial charge in [0.1, 0.15) is 5.82 Å². The van der Waals surface area contributed by atoms with E-state index < -0.39 is 16.1 Å². The van der Waals surface area contributed by atoms with Crippen LogP contribution in [0.15, 0.2) is 48.7 Å². The first-order valence-corrected chi connectivity index (χ1v) is 12.7. The molecule has 3 rings (SSSR count). The lowest BCUT2D eigenvalue weighted by Gasteiger charge is -2.27. The Morgan fingerprint density at radius 3 is 2.59 bits per heavy atom. The van der Waals surface area contributed by atoms with E-state index in [1.165, 1.54) is 4.31 Å². The van der Waals surface area contributed by atoms with Gasteiger partial charge in [0.05, 0.1) is 16.8 Å². The molecule has 1 amide bonds. The minimum Gasteiger partial charge on any atom is -0.355 e. The molecule has 1 unspecified atom stereocenters. The Balaban J connectivity index is 1.59.